The van der Waals surface area contributed by atoms with Crippen LogP contribution in [0.3, 0.4) is 0 Å². The molecule has 2 nitrogen and oxygen atoms in total. The molecule has 2 aromatic rings. The average molecular weight is 257 g/mol. The number of hydrogen-bond donors (Lipinski definition) is 1. The second-order valence-electron chi connectivity index (χ2n) is 4.82. The number of fused-ring (bicyclic) bond motifs is 1. The Balaban J connectivity index is 1.84. The molecule has 2 aromatic carbocycles. The predicted molar refractivity (Wildman–Crippen MR) is 81.8 cm³/mol. The van der Waals surface area contributed by atoms with Gasteiger partial charge in [-0.15, -0.1) is 0 Å². The first-order valence-corrected chi connectivity index (χ1v) is 7.18. The Bertz CT molecular complexity index is 505. The molecule has 2 rings (SSSR count). The molecule has 0 aliphatic rings. The Labute approximate surface area is 115 Å². The molecule has 0 amide bonds. The Morgan fingerprint density at radius 2 is 1.74 bits per heavy atom. The standard InChI is InChI=1S/C17H23NO/c1-3-16(4-2)18-11-12-19-17-10-9-14-7-5-6-8-15(14)13-17/h5-10,13,16,18H,3-4,11-12H2,1-2H3. The Hall–Kier alpha value is -1.54. The van der Waals surface area contributed by atoms with E-state index in [0.29, 0.717) is 6.04 Å². The van der Waals surface area contributed by atoms with Crippen LogP contribution in [0, 0.1) is 0 Å². The number of hydrogen-bond acceptors (Lipinski definition) is 2. The number of rotatable bonds is 7. The van der Waals surface area contributed by atoms with Gasteiger partial charge in [0.1, 0.15) is 12.4 Å². The summed E-state index contributed by atoms with van der Waals surface area (Å²) < 4.78 is 5.79. The van der Waals surface area contributed by atoms with E-state index < -0.39 is 0 Å². The molecule has 0 atom stereocenters. The smallest absolute Gasteiger partial charge is 0.120 e. The van der Waals surface area contributed by atoms with Crippen LogP contribution in [0.5, 0.6) is 5.75 Å². The minimum atomic E-state index is 0.611. The van der Waals surface area contributed by atoms with Crippen LogP contribution in [0.2, 0.25) is 0 Å². The molecule has 19 heavy (non-hydrogen) atoms. The van der Waals surface area contributed by atoms with Crippen molar-refractivity contribution in [1.29, 1.82) is 0 Å². The Kier molecular flexibility index (Phi) is 5.22. The first kappa shape index (κ1) is 13.9. The molecule has 0 radical (unpaired) electrons. The van der Waals surface area contributed by atoms with Crippen LogP contribution in [0.4, 0.5) is 0 Å². The van der Waals surface area contributed by atoms with Crippen molar-refractivity contribution in [3.63, 3.8) is 0 Å². The lowest BCUT2D eigenvalue weighted by Crippen LogP contribution is -2.31. The zero-order valence-electron chi connectivity index (χ0n) is 11.9. The number of benzene rings is 2. The van der Waals surface area contributed by atoms with Crippen LogP contribution in [0.1, 0.15) is 26.7 Å². The fourth-order valence-electron chi connectivity index (χ4n) is 2.27. The summed E-state index contributed by atoms with van der Waals surface area (Å²) in [4.78, 5) is 0. The molecular weight excluding hydrogens is 234 g/mol. The van der Waals surface area contributed by atoms with E-state index in [-0.39, 0.29) is 0 Å². The van der Waals surface area contributed by atoms with Crippen LogP contribution < -0.4 is 10.1 Å². The van der Waals surface area contributed by atoms with Gasteiger partial charge in [0.2, 0.25) is 0 Å². The summed E-state index contributed by atoms with van der Waals surface area (Å²) in [5.74, 6) is 0.949. The second kappa shape index (κ2) is 7.15. The summed E-state index contributed by atoms with van der Waals surface area (Å²) in [5, 5.41) is 5.99. The molecule has 0 saturated carbocycles. The molecule has 2 heteroatoms. The van der Waals surface area contributed by atoms with E-state index in [0.717, 1.165) is 18.9 Å². The van der Waals surface area contributed by atoms with E-state index in [9.17, 15) is 0 Å². The summed E-state index contributed by atoms with van der Waals surface area (Å²) >= 11 is 0. The molecule has 102 valence electrons. The maximum absolute atomic E-state index is 5.79. The fraction of sp³-hybridized carbons (Fsp3) is 0.412. The summed E-state index contributed by atoms with van der Waals surface area (Å²) in [6.07, 6.45) is 2.35. The van der Waals surface area contributed by atoms with Crippen LogP contribution in [-0.2, 0) is 0 Å². The zero-order valence-corrected chi connectivity index (χ0v) is 11.9. The quantitative estimate of drug-likeness (QED) is 0.757. The third kappa shape index (κ3) is 3.97. The monoisotopic (exact) mass is 257 g/mol. The van der Waals surface area contributed by atoms with Gasteiger partial charge in [-0.2, -0.15) is 0 Å². The summed E-state index contributed by atoms with van der Waals surface area (Å²) in [6, 6.07) is 15.2. The zero-order chi connectivity index (χ0) is 13.5. The minimum absolute atomic E-state index is 0.611. The highest BCUT2D eigenvalue weighted by Crippen LogP contribution is 2.20. The van der Waals surface area contributed by atoms with Gasteiger partial charge in [-0.1, -0.05) is 44.2 Å². The van der Waals surface area contributed by atoms with Crippen molar-refractivity contribution < 1.29 is 4.74 Å². The van der Waals surface area contributed by atoms with Gasteiger partial charge in [-0.25, -0.2) is 0 Å². The molecule has 0 bridgehead atoms. The molecular formula is C17H23NO. The van der Waals surface area contributed by atoms with E-state index in [1.807, 2.05) is 6.07 Å². The SMILES string of the molecule is CCC(CC)NCCOc1ccc2ccccc2c1. The first-order chi connectivity index (χ1) is 9.33. The highest BCUT2D eigenvalue weighted by Gasteiger charge is 2.01. The Morgan fingerprint density at radius 1 is 1.00 bits per heavy atom. The molecule has 0 aromatic heterocycles. The van der Waals surface area contributed by atoms with Crippen molar-refractivity contribution >= 4 is 10.8 Å². The lowest BCUT2D eigenvalue weighted by Gasteiger charge is -2.15. The third-order valence-electron chi connectivity index (χ3n) is 3.51. The molecule has 0 unspecified atom stereocenters. The van der Waals surface area contributed by atoms with Crippen molar-refractivity contribution in [2.24, 2.45) is 0 Å². The van der Waals surface area contributed by atoms with E-state index in [1.54, 1.807) is 0 Å². The molecule has 0 fully saturated rings. The lowest BCUT2D eigenvalue weighted by molar-refractivity contribution is 0.302. The fourth-order valence-corrected chi connectivity index (χ4v) is 2.27. The van der Waals surface area contributed by atoms with Crippen molar-refractivity contribution in [1.82, 2.24) is 5.32 Å². The van der Waals surface area contributed by atoms with E-state index >= 15 is 0 Å². The van der Waals surface area contributed by atoms with Crippen LogP contribution >= 0.6 is 0 Å². The van der Waals surface area contributed by atoms with E-state index in [1.165, 1.54) is 23.6 Å². The number of nitrogens with one attached hydrogen (secondary N) is 1. The number of ether oxygens (including phenoxy) is 1. The minimum Gasteiger partial charge on any atom is -0.492 e. The van der Waals surface area contributed by atoms with Crippen LogP contribution in [-0.4, -0.2) is 19.2 Å². The van der Waals surface area contributed by atoms with Gasteiger partial charge < -0.3 is 10.1 Å². The van der Waals surface area contributed by atoms with E-state index in [2.05, 4.69) is 55.6 Å². The van der Waals surface area contributed by atoms with Crippen LogP contribution in [0.25, 0.3) is 10.8 Å². The van der Waals surface area contributed by atoms with E-state index in [4.69, 9.17) is 4.74 Å². The van der Waals surface area contributed by atoms with Crippen molar-refractivity contribution in [2.75, 3.05) is 13.2 Å². The van der Waals surface area contributed by atoms with Crippen molar-refractivity contribution in [2.45, 2.75) is 32.7 Å². The predicted octanol–water partition coefficient (Wildman–Crippen LogP) is 4.00. The van der Waals surface area contributed by atoms with Crippen molar-refractivity contribution in [3.8, 4) is 5.75 Å². The lowest BCUT2D eigenvalue weighted by atomic mass is 10.1. The van der Waals surface area contributed by atoms with Gasteiger partial charge in [-0.05, 0) is 35.7 Å². The highest BCUT2D eigenvalue weighted by atomic mass is 16.5. The normalized spacial score (nSPS) is 11.1. The average Bonchev–Trinajstić information content (AvgIpc) is 2.47. The van der Waals surface area contributed by atoms with Gasteiger partial charge in [0.25, 0.3) is 0 Å². The van der Waals surface area contributed by atoms with Crippen LogP contribution in [0.15, 0.2) is 42.5 Å². The molecule has 1 N–H and O–H groups in total. The first-order valence-electron chi connectivity index (χ1n) is 7.18. The maximum Gasteiger partial charge on any atom is 0.120 e. The van der Waals surface area contributed by atoms with Gasteiger partial charge in [0, 0.05) is 12.6 Å². The molecule has 0 aliphatic heterocycles. The second-order valence-corrected chi connectivity index (χ2v) is 4.82. The molecule has 0 heterocycles. The summed E-state index contributed by atoms with van der Waals surface area (Å²) in [5.41, 5.74) is 0. The molecule has 0 spiro atoms. The third-order valence-corrected chi connectivity index (χ3v) is 3.51. The maximum atomic E-state index is 5.79. The van der Waals surface area contributed by atoms with Gasteiger partial charge >= 0.3 is 0 Å². The topological polar surface area (TPSA) is 21.3 Å². The Morgan fingerprint density at radius 3 is 2.47 bits per heavy atom. The van der Waals surface area contributed by atoms with Gasteiger partial charge in [0.05, 0.1) is 0 Å². The van der Waals surface area contributed by atoms with Crippen molar-refractivity contribution in [3.05, 3.63) is 42.5 Å². The molecule has 0 saturated heterocycles. The van der Waals surface area contributed by atoms with Gasteiger partial charge in [-0.3, -0.25) is 0 Å². The summed E-state index contributed by atoms with van der Waals surface area (Å²) in [7, 11) is 0. The molecule has 0 aliphatic carbocycles. The van der Waals surface area contributed by atoms with Gasteiger partial charge in [0.15, 0.2) is 0 Å². The largest absolute Gasteiger partial charge is 0.492 e. The highest BCUT2D eigenvalue weighted by molar-refractivity contribution is 5.83. The summed E-state index contributed by atoms with van der Waals surface area (Å²) in [6.45, 7) is 6.05.